The molecule has 6 nitrogen and oxygen atoms in total. The Labute approximate surface area is 172 Å². The van der Waals surface area contributed by atoms with Gasteiger partial charge in [0, 0.05) is 25.7 Å². The van der Waals surface area contributed by atoms with Crippen LogP contribution in [0.4, 0.5) is 0 Å². The lowest BCUT2D eigenvalue weighted by molar-refractivity contribution is 0.212. The number of unbranched alkanes of at least 4 members (excludes halogenated alkanes) is 1. The monoisotopic (exact) mass is 412 g/mol. The minimum atomic E-state index is -3.34. The quantitative estimate of drug-likeness (QED) is 0.526. The van der Waals surface area contributed by atoms with Crippen molar-refractivity contribution in [1.29, 1.82) is 0 Å². The van der Waals surface area contributed by atoms with Gasteiger partial charge in [-0.25, -0.2) is 13.4 Å². The van der Waals surface area contributed by atoms with E-state index >= 15 is 0 Å². The largest absolute Gasteiger partial charge is 0.318 e. The van der Waals surface area contributed by atoms with Crippen LogP contribution in [0.1, 0.15) is 65.0 Å². The van der Waals surface area contributed by atoms with Crippen molar-refractivity contribution < 1.29 is 8.42 Å². The predicted molar refractivity (Wildman–Crippen MR) is 115 cm³/mol. The van der Waals surface area contributed by atoms with Gasteiger partial charge in [0.05, 0.1) is 17.6 Å². The first-order valence-corrected chi connectivity index (χ1v) is 12.6. The molecule has 1 atom stereocenters. The molecule has 1 aliphatic rings. The SMILES string of the molecule is CCCCn1c(CN(C)CC2CCCN2C)cnc1S(=O)(=O)CCCC(C)C. The van der Waals surface area contributed by atoms with Crippen molar-refractivity contribution in [2.45, 2.75) is 83.6 Å². The first-order chi connectivity index (χ1) is 13.2. The van der Waals surface area contributed by atoms with E-state index in [-0.39, 0.29) is 10.9 Å². The van der Waals surface area contributed by atoms with Gasteiger partial charge in [-0.2, -0.15) is 0 Å². The van der Waals surface area contributed by atoms with Gasteiger partial charge < -0.3 is 9.47 Å². The van der Waals surface area contributed by atoms with Gasteiger partial charge in [0.1, 0.15) is 0 Å². The molecule has 1 fully saturated rings. The number of likely N-dealkylation sites (N-methyl/N-ethyl adjacent to an activating group) is 2. The highest BCUT2D eigenvalue weighted by Gasteiger charge is 2.25. The lowest BCUT2D eigenvalue weighted by Crippen LogP contribution is -2.36. The molecule has 0 N–H and O–H groups in total. The second-order valence-electron chi connectivity index (χ2n) is 8.87. The summed E-state index contributed by atoms with van der Waals surface area (Å²) in [5.41, 5.74) is 1.01. The molecule has 1 aliphatic heterocycles. The number of aromatic nitrogens is 2. The van der Waals surface area contributed by atoms with Crippen molar-refractivity contribution in [3.63, 3.8) is 0 Å². The molecule has 162 valence electrons. The fourth-order valence-corrected chi connectivity index (χ4v) is 5.49. The van der Waals surface area contributed by atoms with Gasteiger partial charge in [-0.15, -0.1) is 0 Å². The van der Waals surface area contributed by atoms with Crippen LogP contribution < -0.4 is 0 Å². The maximum absolute atomic E-state index is 12.9. The fraction of sp³-hybridized carbons (Fsp3) is 0.857. The van der Waals surface area contributed by atoms with Crippen LogP contribution in [0, 0.1) is 5.92 Å². The molecule has 0 bridgehead atoms. The lowest BCUT2D eigenvalue weighted by Gasteiger charge is -2.26. The minimum absolute atomic E-state index is 0.191. The van der Waals surface area contributed by atoms with Crippen molar-refractivity contribution in [3.8, 4) is 0 Å². The molecule has 0 saturated carbocycles. The standard InChI is InChI=1S/C21H40N4O2S/c1-6-7-13-25-20(17-23(4)16-19-11-8-12-24(19)5)15-22-21(25)28(26,27)14-9-10-18(2)3/h15,18-19H,6-14,16-17H2,1-5H3. The van der Waals surface area contributed by atoms with E-state index in [1.165, 1.54) is 19.4 Å². The highest BCUT2D eigenvalue weighted by Crippen LogP contribution is 2.20. The van der Waals surface area contributed by atoms with Gasteiger partial charge in [-0.05, 0) is 58.7 Å². The number of likely N-dealkylation sites (tertiary alicyclic amines) is 1. The molecule has 1 aromatic heterocycles. The van der Waals surface area contributed by atoms with E-state index in [9.17, 15) is 8.42 Å². The summed E-state index contributed by atoms with van der Waals surface area (Å²) in [6, 6.07) is 0.594. The zero-order valence-electron chi connectivity index (χ0n) is 18.5. The van der Waals surface area contributed by atoms with Crippen LogP contribution in [0.5, 0.6) is 0 Å². The van der Waals surface area contributed by atoms with Crippen LogP contribution in [0.2, 0.25) is 0 Å². The second kappa shape index (κ2) is 10.7. The van der Waals surface area contributed by atoms with E-state index in [1.807, 2.05) is 4.57 Å². The summed E-state index contributed by atoms with van der Waals surface area (Å²) in [5.74, 6) is 0.712. The molecule has 1 aromatic rings. The maximum Gasteiger partial charge on any atom is 0.227 e. The first kappa shape index (κ1) is 23.4. The number of hydrogen-bond acceptors (Lipinski definition) is 5. The number of sulfone groups is 1. The first-order valence-electron chi connectivity index (χ1n) is 10.9. The van der Waals surface area contributed by atoms with Crippen molar-refractivity contribution in [2.24, 2.45) is 5.92 Å². The highest BCUT2D eigenvalue weighted by molar-refractivity contribution is 7.91. The Morgan fingerprint density at radius 3 is 2.68 bits per heavy atom. The lowest BCUT2D eigenvalue weighted by atomic mass is 10.1. The highest BCUT2D eigenvalue weighted by atomic mass is 32.2. The fourth-order valence-electron chi connectivity index (χ4n) is 4.01. The molecule has 1 unspecified atom stereocenters. The van der Waals surface area contributed by atoms with Crippen molar-refractivity contribution in [2.75, 3.05) is 32.9 Å². The van der Waals surface area contributed by atoms with Crippen LogP contribution in [-0.2, 0) is 22.9 Å². The van der Waals surface area contributed by atoms with E-state index in [0.29, 0.717) is 18.4 Å². The molecule has 1 saturated heterocycles. The molecular weight excluding hydrogens is 372 g/mol. The number of nitrogens with zero attached hydrogens (tertiary/aromatic N) is 4. The molecule has 0 radical (unpaired) electrons. The average molecular weight is 413 g/mol. The molecular formula is C21H40N4O2S. The smallest absolute Gasteiger partial charge is 0.227 e. The van der Waals surface area contributed by atoms with Crippen LogP contribution >= 0.6 is 0 Å². The molecule has 28 heavy (non-hydrogen) atoms. The third kappa shape index (κ3) is 6.56. The summed E-state index contributed by atoms with van der Waals surface area (Å²) in [6.45, 7) is 10.0. The Morgan fingerprint density at radius 1 is 1.32 bits per heavy atom. The Kier molecular flexibility index (Phi) is 8.96. The number of imidazole rings is 1. The van der Waals surface area contributed by atoms with Gasteiger partial charge in [0.2, 0.25) is 15.0 Å². The molecule has 0 aromatic carbocycles. The summed E-state index contributed by atoms with van der Waals surface area (Å²) in [7, 11) is 0.980. The normalized spacial score (nSPS) is 18.6. The Morgan fingerprint density at radius 2 is 2.07 bits per heavy atom. The number of hydrogen-bond donors (Lipinski definition) is 0. The van der Waals surface area contributed by atoms with Crippen LogP contribution in [0.3, 0.4) is 0 Å². The Hall–Kier alpha value is -0.920. The van der Waals surface area contributed by atoms with Crippen LogP contribution in [-0.4, -0.2) is 66.7 Å². The van der Waals surface area contributed by atoms with Crippen molar-refractivity contribution in [3.05, 3.63) is 11.9 Å². The van der Waals surface area contributed by atoms with E-state index in [0.717, 1.165) is 44.6 Å². The van der Waals surface area contributed by atoms with E-state index < -0.39 is 9.84 Å². The van der Waals surface area contributed by atoms with Gasteiger partial charge >= 0.3 is 0 Å². The summed E-state index contributed by atoms with van der Waals surface area (Å²) in [4.78, 5) is 9.11. The van der Waals surface area contributed by atoms with E-state index in [1.54, 1.807) is 6.20 Å². The zero-order chi connectivity index (χ0) is 20.7. The number of rotatable bonds is 12. The molecule has 7 heteroatoms. The molecule has 2 rings (SSSR count). The van der Waals surface area contributed by atoms with Gasteiger partial charge in [-0.3, -0.25) is 4.90 Å². The Balaban J connectivity index is 2.11. The molecule has 2 heterocycles. The van der Waals surface area contributed by atoms with E-state index in [4.69, 9.17) is 0 Å². The van der Waals surface area contributed by atoms with Gasteiger partial charge in [-0.1, -0.05) is 27.2 Å². The zero-order valence-corrected chi connectivity index (χ0v) is 19.3. The second-order valence-corrected chi connectivity index (χ2v) is 10.9. The average Bonchev–Trinajstić information content (AvgIpc) is 3.19. The van der Waals surface area contributed by atoms with Crippen molar-refractivity contribution in [1.82, 2.24) is 19.4 Å². The van der Waals surface area contributed by atoms with Crippen LogP contribution in [0.15, 0.2) is 11.4 Å². The third-order valence-corrected chi connectivity index (χ3v) is 7.44. The predicted octanol–water partition coefficient (Wildman–Crippen LogP) is 3.42. The van der Waals surface area contributed by atoms with E-state index in [2.05, 4.69) is 49.7 Å². The van der Waals surface area contributed by atoms with Crippen LogP contribution in [0.25, 0.3) is 0 Å². The van der Waals surface area contributed by atoms with Crippen molar-refractivity contribution >= 4 is 9.84 Å². The topological polar surface area (TPSA) is 58.4 Å². The maximum atomic E-state index is 12.9. The summed E-state index contributed by atoms with van der Waals surface area (Å²) in [6.07, 6.45) is 7.91. The van der Waals surface area contributed by atoms with Gasteiger partial charge in [0.15, 0.2) is 0 Å². The summed E-state index contributed by atoms with van der Waals surface area (Å²) < 4.78 is 27.8. The molecule has 0 amide bonds. The third-order valence-electron chi connectivity index (χ3n) is 5.74. The van der Waals surface area contributed by atoms with Gasteiger partial charge in [0.25, 0.3) is 0 Å². The minimum Gasteiger partial charge on any atom is -0.318 e. The summed E-state index contributed by atoms with van der Waals surface area (Å²) in [5, 5.41) is 0.270. The molecule has 0 aliphatic carbocycles. The summed E-state index contributed by atoms with van der Waals surface area (Å²) >= 11 is 0. The Bertz CT molecular complexity index is 699. The molecule has 0 spiro atoms.